The molecule has 0 atom stereocenters. The molecule has 10 heteroatoms. The third-order valence-corrected chi connectivity index (χ3v) is 6.19. The molecule has 1 aliphatic heterocycles. The fourth-order valence-electron chi connectivity index (χ4n) is 4.32. The lowest BCUT2D eigenvalue weighted by Crippen LogP contribution is -2.47. The molecule has 5 rings (SSSR count). The van der Waals surface area contributed by atoms with Gasteiger partial charge in [0.15, 0.2) is 0 Å². The van der Waals surface area contributed by atoms with Crippen molar-refractivity contribution in [3.05, 3.63) is 48.7 Å². The van der Waals surface area contributed by atoms with Crippen molar-refractivity contribution >= 4 is 11.3 Å². The van der Waals surface area contributed by atoms with Gasteiger partial charge in [-0.05, 0) is 26.0 Å². The van der Waals surface area contributed by atoms with E-state index in [9.17, 15) is 5.26 Å². The molecular weight excluding hydrogens is 442 g/mol. The van der Waals surface area contributed by atoms with Gasteiger partial charge in [0.2, 0.25) is 0 Å². The molecule has 0 N–H and O–H groups in total. The molecule has 35 heavy (non-hydrogen) atoms. The van der Waals surface area contributed by atoms with E-state index in [2.05, 4.69) is 39.9 Å². The van der Waals surface area contributed by atoms with E-state index >= 15 is 0 Å². The van der Waals surface area contributed by atoms with Gasteiger partial charge in [0, 0.05) is 63.3 Å². The first-order chi connectivity index (χ1) is 17.0. The van der Waals surface area contributed by atoms with Gasteiger partial charge in [-0.25, -0.2) is 14.5 Å². The number of nitrogens with zero attached hydrogens (tertiary/aromatic N) is 9. The number of fused-ring (bicyclic) bond motifs is 1. The summed E-state index contributed by atoms with van der Waals surface area (Å²) >= 11 is 0. The quantitative estimate of drug-likeness (QED) is 0.406. The van der Waals surface area contributed by atoms with Crippen molar-refractivity contribution < 1.29 is 4.74 Å². The third-order valence-electron chi connectivity index (χ3n) is 6.19. The maximum Gasteiger partial charge on any atom is 0.128 e. The molecule has 0 bridgehead atoms. The smallest absolute Gasteiger partial charge is 0.128 e. The molecule has 4 aromatic heterocycles. The predicted molar refractivity (Wildman–Crippen MR) is 133 cm³/mol. The molecule has 10 nitrogen and oxygen atoms in total. The number of pyridine rings is 1. The summed E-state index contributed by atoms with van der Waals surface area (Å²) in [5.41, 5.74) is 4.28. The van der Waals surface area contributed by atoms with Crippen molar-refractivity contribution in [3.63, 3.8) is 0 Å². The Morgan fingerprint density at radius 1 is 1.03 bits per heavy atom. The zero-order chi connectivity index (χ0) is 24.4. The minimum absolute atomic E-state index is 0.270. The molecule has 0 aliphatic carbocycles. The van der Waals surface area contributed by atoms with Crippen molar-refractivity contribution in [3.8, 4) is 28.6 Å². The highest BCUT2D eigenvalue weighted by Crippen LogP contribution is 2.29. The van der Waals surface area contributed by atoms with E-state index in [0.717, 1.165) is 62.0 Å². The van der Waals surface area contributed by atoms with Gasteiger partial charge in [0.1, 0.15) is 23.0 Å². The Morgan fingerprint density at radius 3 is 2.51 bits per heavy atom. The molecule has 0 unspecified atom stereocenters. The van der Waals surface area contributed by atoms with E-state index < -0.39 is 0 Å². The lowest BCUT2D eigenvalue weighted by atomic mass is 10.1. The minimum Gasteiger partial charge on any atom is -0.377 e. The molecule has 0 amide bonds. The standard InChI is InChI=1S/C25H29N9O/c1-18(2)35-11-10-32-6-8-33(9-7-32)23-5-4-19(13-27-23)24-25-20(12-26)14-29-34(25)17-22(30-24)21-15-28-31(3)16-21/h4-5,13-18H,6-11H2,1-3H3. The van der Waals surface area contributed by atoms with Gasteiger partial charge < -0.3 is 9.64 Å². The normalized spacial score (nSPS) is 14.7. The highest BCUT2D eigenvalue weighted by Gasteiger charge is 2.20. The largest absolute Gasteiger partial charge is 0.377 e. The monoisotopic (exact) mass is 471 g/mol. The summed E-state index contributed by atoms with van der Waals surface area (Å²) in [6.45, 7) is 9.68. The van der Waals surface area contributed by atoms with E-state index in [-0.39, 0.29) is 6.10 Å². The van der Waals surface area contributed by atoms with Crippen LogP contribution in [0, 0.1) is 11.3 Å². The lowest BCUT2D eigenvalue weighted by Gasteiger charge is -2.35. The zero-order valence-electron chi connectivity index (χ0n) is 20.3. The molecule has 1 fully saturated rings. The Kier molecular flexibility index (Phi) is 6.44. The number of hydrogen-bond donors (Lipinski definition) is 0. The van der Waals surface area contributed by atoms with E-state index in [1.807, 2.05) is 37.8 Å². The molecule has 0 saturated carbocycles. The number of aromatic nitrogens is 6. The fraction of sp³-hybridized carbons (Fsp3) is 0.400. The van der Waals surface area contributed by atoms with Crippen molar-refractivity contribution in [2.75, 3.05) is 44.2 Å². The number of nitriles is 1. The van der Waals surface area contributed by atoms with Gasteiger partial charge in [0.05, 0.1) is 42.7 Å². The maximum atomic E-state index is 9.62. The molecule has 1 aliphatic rings. The molecule has 0 aromatic carbocycles. The second-order valence-corrected chi connectivity index (χ2v) is 8.99. The molecular formula is C25H29N9O. The topological polar surface area (TPSA) is 100 Å². The van der Waals surface area contributed by atoms with E-state index in [4.69, 9.17) is 14.7 Å². The summed E-state index contributed by atoms with van der Waals surface area (Å²) in [5, 5.41) is 18.3. The number of anilines is 1. The molecule has 0 radical (unpaired) electrons. The van der Waals surface area contributed by atoms with Crippen LogP contribution in [0.3, 0.4) is 0 Å². The summed E-state index contributed by atoms with van der Waals surface area (Å²) in [4.78, 5) is 14.4. The number of piperazine rings is 1. The summed E-state index contributed by atoms with van der Waals surface area (Å²) in [6, 6.07) is 6.28. The van der Waals surface area contributed by atoms with Gasteiger partial charge in [-0.3, -0.25) is 9.58 Å². The Bertz CT molecular complexity index is 1340. The zero-order valence-corrected chi connectivity index (χ0v) is 20.3. The Labute approximate surface area is 204 Å². The number of rotatable bonds is 7. The summed E-state index contributed by atoms with van der Waals surface area (Å²) in [5.74, 6) is 0.945. The maximum absolute atomic E-state index is 9.62. The van der Waals surface area contributed by atoms with Gasteiger partial charge in [-0.2, -0.15) is 15.5 Å². The van der Waals surface area contributed by atoms with E-state index in [0.29, 0.717) is 16.8 Å². The fourth-order valence-corrected chi connectivity index (χ4v) is 4.32. The molecule has 5 heterocycles. The summed E-state index contributed by atoms with van der Waals surface area (Å²) in [7, 11) is 1.87. The summed E-state index contributed by atoms with van der Waals surface area (Å²) < 4.78 is 9.13. The second-order valence-electron chi connectivity index (χ2n) is 8.99. The highest BCUT2D eigenvalue weighted by molar-refractivity contribution is 5.83. The highest BCUT2D eigenvalue weighted by atomic mass is 16.5. The van der Waals surface area contributed by atoms with Crippen LogP contribution in [-0.4, -0.2) is 79.7 Å². The predicted octanol–water partition coefficient (Wildman–Crippen LogP) is 2.61. The number of ether oxygens (including phenoxy) is 1. The molecule has 180 valence electrons. The van der Waals surface area contributed by atoms with Gasteiger partial charge >= 0.3 is 0 Å². The van der Waals surface area contributed by atoms with Crippen LogP contribution in [0.15, 0.2) is 43.1 Å². The number of hydrogen-bond acceptors (Lipinski definition) is 8. The van der Waals surface area contributed by atoms with Crippen molar-refractivity contribution in [2.24, 2.45) is 7.05 Å². The molecule has 0 spiro atoms. The van der Waals surface area contributed by atoms with Crippen LogP contribution < -0.4 is 4.90 Å². The number of aryl methyl sites for hydroxylation is 1. The van der Waals surface area contributed by atoms with Gasteiger partial charge in [0.25, 0.3) is 0 Å². The van der Waals surface area contributed by atoms with Gasteiger partial charge in [-0.15, -0.1) is 0 Å². The second kappa shape index (κ2) is 9.82. The average molecular weight is 472 g/mol. The first kappa shape index (κ1) is 23.0. The molecule has 4 aromatic rings. The first-order valence-corrected chi connectivity index (χ1v) is 11.8. The van der Waals surface area contributed by atoms with Crippen LogP contribution in [0.4, 0.5) is 5.82 Å². The van der Waals surface area contributed by atoms with Crippen LogP contribution >= 0.6 is 0 Å². The van der Waals surface area contributed by atoms with Crippen molar-refractivity contribution in [1.82, 2.24) is 34.3 Å². The van der Waals surface area contributed by atoms with Crippen molar-refractivity contribution in [2.45, 2.75) is 20.0 Å². The Hall–Kier alpha value is -3.81. The average Bonchev–Trinajstić information content (AvgIpc) is 3.50. The SMILES string of the molecule is CC(C)OCCN1CCN(c2ccc(-c3nc(-c4cnn(C)c4)cn4ncc(C#N)c34)cn2)CC1. The Balaban J connectivity index is 1.37. The van der Waals surface area contributed by atoms with Crippen molar-refractivity contribution in [1.29, 1.82) is 5.26 Å². The van der Waals surface area contributed by atoms with Crippen LogP contribution in [0.25, 0.3) is 28.0 Å². The third kappa shape index (κ3) is 4.87. The minimum atomic E-state index is 0.270. The Morgan fingerprint density at radius 2 is 1.86 bits per heavy atom. The summed E-state index contributed by atoms with van der Waals surface area (Å²) in [6.07, 6.45) is 9.17. The van der Waals surface area contributed by atoms with Crippen LogP contribution in [0.1, 0.15) is 19.4 Å². The lowest BCUT2D eigenvalue weighted by molar-refractivity contribution is 0.0578. The first-order valence-electron chi connectivity index (χ1n) is 11.8. The van der Waals surface area contributed by atoms with E-state index in [1.165, 1.54) is 0 Å². The van der Waals surface area contributed by atoms with Crippen LogP contribution in [0.5, 0.6) is 0 Å². The van der Waals surface area contributed by atoms with E-state index in [1.54, 1.807) is 21.6 Å². The van der Waals surface area contributed by atoms with Gasteiger partial charge in [-0.1, -0.05) is 0 Å². The van der Waals surface area contributed by atoms with Crippen LogP contribution in [0.2, 0.25) is 0 Å². The molecule has 1 saturated heterocycles. The van der Waals surface area contributed by atoms with Crippen LogP contribution in [-0.2, 0) is 11.8 Å².